The Balaban J connectivity index is 1.73. The van der Waals surface area contributed by atoms with Gasteiger partial charge in [0.15, 0.2) is 5.78 Å². The number of anilines is 1. The average molecular weight is 513 g/mol. The number of hydrogen-bond acceptors (Lipinski definition) is 4. The number of nitrogens with one attached hydrogen (secondary N) is 1. The molecule has 8 heteroatoms. The highest BCUT2D eigenvalue weighted by atomic mass is 35.5. The Morgan fingerprint density at radius 3 is 2.17 bits per heavy atom. The fourth-order valence-electron chi connectivity index (χ4n) is 3.49. The molecule has 0 spiro atoms. The molecule has 0 saturated carbocycles. The van der Waals surface area contributed by atoms with Gasteiger partial charge in [-0.1, -0.05) is 87.0 Å². The third-order valence-corrected chi connectivity index (χ3v) is 7.08. The molecule has 0 fully saturated rings. The maximum atomic E-state index is 13.0. The van der Waals surface area contributed by atoms with Gasteiger partial charge in [-0.15, -0.1) is 0 Å². The molecule has 184 valence electrons. The second-order valence-corrected chi connectivity index (χ2v) is 11.8. The number of nitrogens with zero attached hydrogens (tertiary/aromatic N) is 1. The van der Waals surface area contributed by atoms with Crippen molar-refractivity contribution in [3.05, 3.63) is 100 Å². The SMILES string of the molecule is CC(C)(C)c1ccc(C(=O)c2cccc(NC(=O)CN(Cc3ccccc3Cl)S(C)(=O)=O)c2)cc1. The van der Waals surface area contributed by atoms with Crippen molar-refractivity contribution in [2.45, 2.75) is 32.7 Å². The Hall–Kier alpha value is -3.00. The molecular formula is C27H29ClN2O4S. The van der Waals surface area contributed by atoms with Crippen molar-refractivity contribution in [3.63, 3.8) is 0 Å². The number of carbonyl (C=O) groups is 2. The summed E-state index contributed by atoms with van der Waals surface area (Å²) in [4.78, 5) is 25.7. The van der Waals surface area contributed by atoms with Gasteiger partial charge in [-0.3, -0.25) is 9.59 Å². The van der Waals surface area contributed by atoms with Gasteiger partial charge in [0.05, 0.1) is 12.8 Å². The number of benzene rings is 3. The molecule has 35 heavy (non-hydrogen) atoms. The Morgan fingerprint density at radius 2 is 1.57 bits per heavy atom. The van der Waals surface area contributed by atoms with Crippen LogP contribution < -0.4 is 5.32 Å². The molecule has 1 N–H and O–H groups in total. The van der Waals surface area contributed by atoms with Gasteiger partial charge in [-0.25, -0.2) is 8.42 Å². The van der Waals surface area contributed by atoms with Gasteiger partial charge in [0.1, 0.15) is 0 Å². The van der Waals surface area contributed by atoms with Gasteiger partial charge in [0.2, 0.25) is 15.9 Å². The maximum absolute atomic E-state index is 13.0. The van der Waals surface area contributed by atoms with Crippen molar-refractivity contribution in [2.24, 2.45) is 0 Å². The second kappa shape index (κ2) is 10.7. The van der Waals surface area contributed by atoms with Crippen LogP contribution in [0, 0.1) is 0 Å². The molecule has 6 nitrogen and oxygen atoms in total. The molecule has 0 unspecified atom stereocenters. The topological polar surface area (TPSA) is 83.6 Å². The minimum Gasteiger partial charge on any atom is -0.325 e. The Kier molecular flexibility index (Phi) is 8.15. The van der Waals surface area contributed by atoms with Crippen molar-refractivity contribution in [2.75, 3.05) is 18.1 Å². The number of sulfonamides is 1. The van der Waals surface area contributed by atoms with Crippen LogP contribution >= 0.6 is 11.6 Å². The van der Waals surface area contributed by atoms with Gasteiger partial charge >= 0.3 is 0 Å². The number of hydrogen-bond donors (Lipinski definition) is 1. The maximum Gasteiger partial charge on any atom is 0.239 e. The molecule has 0 aliphatic carbocycles. The molecule has 3 aromatic rings. The van der Waals surface area contributed by atoms with Gasteiger partial charge in [-0.2, -0.15) is 4.31 Å². The van der Waals surface area contributed by atoms with E-state index in [9.17, 15) is 18.0 Å². The summed E-state index contributed by atoms with van der Waals surface area (Å²) in [5.74, 6) is -0.695. The molecule has 3 aromatic carbocycles. The molecule has 0 saturated heterocycles. The lowest BCUT2D eigenvalue weighted by atomic mass is 9.86. The van der Waals surface area contributed by atoms with Crippen LogP contribution in [-0.2, 0) is 26.8 Å². The lowest BCUT2D eigenvalue weighted by molar-refractivity contribution is -0.116. The van der Waals surface area contributed by atoms with Gasteiger partial charge in [-0.05, 0) is 34.7 Å². The number of rotatable bonds is 8. The van der Waals surface area contributed by atoms with Crippen LogP contribution in [0.1, 0.15) is 47.8 Å². The number of ketones is 1. The van der Waals surface area contributed by atoms with Crippen LogP contribution in [0.2, 0.25) is 5.02 Å². The van der Waals surface area contributed by atoms with E-state index in [0.29, 0.717) is 27.4 Å². The summed E-state index contributed by atoms with van der Waals surface area (Å²) >= 11 is 6.16. The van der Waals surface area contributed by atoms with Crippen LogP contribution in [0.4, 0.5) is 5.69 Å². The molecule has 0 atom stereocenters. The molecule has 0 heterocycles. The normalized spacial score (nSPS) is 11.9. The highest BCUT2D eigenvalue weighted by Crippen LogP contribution is 2.24. The predicted molar refractivity (Wildman–Crippen MR) is 140 cm³/mol. The number of halogens is 1. The first-order valence-electron chi connectivity index (χ1n) is 11.1. The molecule has 0 radical (unpaired) electrons. The van der Waals surface area contributed by atoms with Gasteiger partial charge in [0, 0.05) is 28.4 Å². The first kappa shape index (κ1) is 26.6. The summed E-state index contributed by atoms with van der Waals surface area (Å²) in [5, 5.41) is 3.11. The van der Waals surface area contributed by atoms with E-state index in [1.54, 1.807) is 60.7 Å². The van der Waals surface area contributed by atoms with Crippen molar-refractivity contribution >= 4 is 39.0 Å². The zero-order chi connectivity index (χ0) is 25.8. The predicted octanol–water partition coefficient (Wildman–Crippen LogP) is 5.27. The molecule has 3 rings (SSSR count). The van der Waals surface area contributed by atoms with Crippen LogP contribution in [0.3, 0.4) is 0 Å². The fourth-order valence-corrected chi connectivity index (χ4v) is 4.42. The summed E-state index contributed by atoms with van der Waals surface area (Å²) in [7, 11) is -3.68. The second-order valence-electron chi connectivity index (χ2n) is 9.41. The third kappa shape index (κ3) is 7.24. The summed E-state index contributed by atoms with van der Waals surface area (Å²) in [6, 6.07) is 20.9. The van der Waals surface area contributed by atoms with E-state index in [2.05, 4.69) is 26.1 Å². The molecule has 0 aliphatic heterocycles. The fraction of sp³-hybridized carbons (Fsp3) is 0.259. The Bertz CT molecular complexity index is 1330. The molecule has 0 bridgehead atoms. The minimum absolute atomic E-state index is 0.0164. The van der Waals surface area contributed by atoms with Crippen molar-refractivity contribution in [1.29, 1.82) is 0 Å². The standard InChI is InChI=1S/C27H29ClN2O4S/c1-27(2,3)22-14-12-19(13-15-22)26(32)20-9-7-10-23(16-20)29-25(31)18-30(35(4,33)34)17-21-8-5-6-11-24(21)28/h5-16H,17-18H2,1-4H3,(H,29,31). The number of carbonyl (C=O) groups excluding carboxylic acids is 2. The summed E-state index contributed by atoms with van der Waals surface area (Å²) in [5.41, 5.74) is 3.07. The van der Waals surface area contributed by atoms with Gasteiger partial charge < -0.3 is 5.32 Å². The highest BCUT2D eigenvalue weighted by Gasteiger charge is 2.22. The average Bonchev–Trinajstić information content (AvgIpc) is 2.78. The lowest BCUT2D eigenvalue weighted by Crippen LogP contribution is -2.37. The lowest BCUT2D eigenvalue weighted by Gasteiger charge is -2.20. The zero-order valence-electron chi connectivity index (χ0n) is 20.2. The smallest absolute Gasteiger partial charge is 0.239 e. The largest absolute Gasteiger partial charge is 0.325 e. The van der Waals surface area contributed by atoms with Crippen molar-refractivity contribution in [3.8, 4) is 0 Å². The van der Waals surface area contributed by atoms with Gasteiger partial charge in [0.25, 0.3) is 0 Å². The molecular weight excluding hydrogens is 484 g/mol. The quantitative estimate of drug-likeness (QED) is 0.417. The van der Waals surface area contributed by atoms with E-state index in [0.717, 1.165) is 16.1 Å². The van der Waals surface area contributed by atoms with Crippen LogP contribution in [0.15, 0.2) is 72.8 Å². The van der Waals surface area contributed by atoms with E-state index in [-0.39, 0.29) is 17.7 Å². The van der Waals surface area contributed by atoms with E-state index in [1.165, 1.54) is 0 Å². The summed E-state index contributed by atoms with van der Waals surface area (Å²) < 4.78 is 25.6. The van der Waals surface area contributed by atoms with Crippen LogP contribution in [-0.4, -0.2) is 37.2 Å². The first-order valence-corrected chi connectivity index (χ1v) is 13.3. The third-order valence-electron chi connectivity index (χ3n) is 5.52. The van der Waals surface area contributed by atoms with Crippen LogP contribution in [0.25, 0.3) is 0 Å². The van der Waals surface area contributed by atoms with Crippen LogP contribution in [0.5, 0.6) is 0 Å². The van der Waals surface area contributed by atoms with E-state index >= 15 is 0 Å². The van der Waals surface area contributed by atoms with Crippen molar-refractivity contribution < 1.29 is 18.0 Å². The summed E-state index contributed by atoms with van der Waals surface area (Å²) in [6.45, 7) is 5.89. The number of amides is 1. The molecule has 1 amide bonds. The zero-order valence-corrected chi connectivity index (χ0v) is 21.8. The Morgan fingerprint density at radius 1 is 0.914 bits per heavy atom. The monoisotopic (exact) mass is 512 g/mol. The van der Waals surface area contributed by atoms with E-state index in [1.807, 2.05) is 12.1 Å². The van der Waals surface area contributed by atoms with Crippen molar-refractivity contribution in [1.82, 2.24) is 4.31 Å². The van der Waals surface area contributed by atoms with E-state index in [4.69, 9.17) is 11.6 Å². The minimum atomic E-state index is -3.68. The first-order chi connectivity index (χ1) is 16.3. The molecule has 0 aliphatic rings. The van der Waals surface area contributed by atoms with E-state index < -0.39 is 22.5 Å². The highest BCUT2D eigenvalue weighted by molar-refractivity contribution is 7.88. The Labute approximate surface area is 212 Å². The molecule has 0 aromatic heterocycles. The summed E-state index contributed by atoms with van der Waals surface area (Å²) in [6.07, 6.45) is 1.04.